The van der Waals surface area contributed by atoms with Crippen molar-refractivity contribution in [1.82, 2.24) is 4.98 Å². The summed E-state index contributed by atoms with van der Waals surface area (Å²) in [6, 6.07) is 3.13. The molecular formula is C12H19N3O3S. The first-order valence-electron chi connectivity index (χ1n) is 6.37. The number of aromatic nitrogens is 1. The molecule has 1 heterocycles. The fourth-order valence-corrected chi connectivity index (χ4v) is 3.29. The standard InChI is InChI=1S/C12H19N3O3S/c13-19(17,18)11-5-2-7-14-12(11)15-10-4-1-3-9(10)6-8-16/h2,5,7,9-10,16H,1,3-4,6,8H2,(H,14,15)(H2,13,17,18). The summed E-state index contributed by atoms with van der Waals surface area (Å²) in [4.78, 5) is 4.09. The Hall–Kier alpha value is -1.18. The highest BCUT2D eigenvalue weighted by molar-refractivity contribution is 7.89. The van der Waals surface area contributed by atoms with Crippen molar-refractivity contribution >= 4 is 15.8 Å². The number of rotatable bonds is 5. The van der Waals surface area contributed by atoms with Gasteiger partial charge in [0.05, 0.1) is 0 Å². The van der Waals surface area contributed by atoms with E-state index in [9.17, 15) is 8.42 Å². The lowest BCUT2D eigenvalue weighted by Crippen LogP contribution is -2.27. The van der Waals surface area contributed by atoms with E-state index in [0.717, 1.165) is 25.7 Å². The van der Waals surface area contributed by atoms with Crippen LogP contribution in [-0.4, -0.2) is 31.2 Å². The second-order valence-corrected chi connectivity index (χ2v) is 6.38. The third-order valence-electron chi connectivity index (χ3n) is 3.56. The molecule has 1 aromatic heterocycles. The maximum absolute atomic E-state index is 11.5. The normalized spacial score (nSPS) is 23.5. The quantitative estimate of drug-likeness (QED) is 0.738. The van der Waals surface area contributed by atoms with Crippen LogP contribution in [0.5, 0.6) is 0 Å². The van der Waals surface area contributed by atoms with E-state index >= 15 is 0 Å². The molecule has 0 aromatic carbocycles. The van der Waals surface area contributed by atoms with Crippen molar-refractivity contribution in [2.45, 2.75) is 36.6 Å². The Balaban J connectivity index is 2.19. The minimum absolute atomic E-state index is 0.0182. The Morgan fingerprint density at radius 1 is 1.47 bits per heavy atom. The smallest absolute Gasteiger partial charge is 0.241 e. The molecule has 0 bridgehead atoms. The zero-order chi connectivity index (χ0) is 13.9. The minimum atomic E-state index is -3.78. The summed E-state index contributed by atoms with van der Waals surface area (Å²) in [6.45, 7) is 0.146. The van der Waals surface area contributed by atoms with Crippen molar-refractivity contribution in [3.8, 4) is 0 Å². The zero-order valence-electron chi connectivity index (χ0n) is 10.6. The molecule has 7 heteroatoms. The molecule has 1 aliphatic rings. The number of sulfonamides is 1. The predicted molar refractivity (Wildman–Crippen MR) is 72.1 cm³/mol. The molecule has 0 aliphatic heterocycles. The van der Waals surface area contributed by atoms with Crippen LogP contribution in [0, 0.1) is 5.92 Å². The van der Waals surface area contributed by atoms with Gasteiger partial charge in [0.25, 0.3) is 0 Å². The van der Waals surface area contributed by atoms with Gasteiger partial charge in [0.15, 0.2) is 0 Å². The number of nitrogens with zero attached hydrogens (tertiary/aromatic N) is 1. The van der Waals surface area contributed by atoms with Crippen LogP contribution in [0.25, 0.3) is 0 Å². The lowest BCUT2D eigenvalue weighted by Gasteiger charge is -2.21. The van der Waals surface area contributed by atoms with E-state index < -0.39 is 10.0 Å². The van der Waals surface area contributed by atoms with Gasteiger partial charge in [-0.15, -0.1) is 0 Å². The van der Waals surface area contributed by atoms with Crippen LogP contribution < -0.4 is 10.5 Å². The van der Waals surface area contributed by atoms with Crippen LogP contribution in [0.4, 0.5) is 5.82 Å². The number of nitrogens with two attached hydrogens (primary N) is 1. The number of pyridine rings is 1. The Morgan fingerprint density at radius 3 is 2.95 bits per heavy atom. The summed E-state index contributed by atoms with van der Waals surface area (Å²) in [7, 11) is -3.78. The van der Waals surface area contributed by atoms with Crippen LogP contribution in [0.1, 0.15) is 25.7 Å². The number of nitrogens with one attached hydrogen (secondary N) is 1. The van der Waals surface area contributed by atoms with Crippen LogP contribution in [0.15, 0.2) is 23.2 Å². The van der Waals surface area contributed by atoms with Crippen molar-refractivity contribution in [3.63, 3.8) is 0 Å². The maximum Gasteiger partial charge on any atom is 0.241 e. The average Bonchev–Trinajstić information content (AvgIpc) is 2.77. The molecule has 2 unspecified atom stereocenters. The summed E-state index contributed by atoms with van der Waals surface area (Å²) < 4.78 is 23.0. The Kier molecular flexibility index (Phi) is 4.38. The Labute approximate surface area is 113 Å². The maximum atomic E-state index is 11.5. The molecule has 0 saturated heterocycles. The molecule has 1 aliphatic carbocycles. The number of aliphatic hydroxyl groups is 1. The monoisotopic (exact) mass is 285 g/mol. The van der Waals surface area contributed by atoms with Gasteiger partial charge in [-0.25, -0.2) is 18.5 Å². The van der Waals surface area contributed by atoms with E-state index in [1.165, 1.54) is 12.3 Å². The summed E-state index contributed by atoms with van der Waals surface area (Å²) in [5, 5.41) is 17.4. The van der Waals surface area contributed by atoms with Crippen molar-refractivity contribution in [2.24, 2.45) is 11.1 Å². The van der Waals surface area contributed by atoms with Crippen molar-refractivity contribution in [1.29, 1.82) is 0 Å². The fraction of sp³-hybridized carbons (Fsp3) is 0.583. The molecule has 0 amide bonds. The van der Waals surface area contributed by atoms with Gasteiger partial charge < -0.3 is 10.4 Å². The van der Waals surface area contributed by atoms with E-state index in [4.69, 9.17) is 10.2 Å². The number of hydrogen-bond acceptors (Lipinski definition) is 5. The topological polar surface area (TPSA) is 105 Å². The SMILES string of the molecule is NS(=O)(=O)c1cccnc1NC1CCCC1CCO. The molecule has 0 spiro atoms. The molecule has 0 radical (unpaired) electrons. The molecular weight excluding hydrogens is 266 g/mol. The fourth-order valence-electron chi connectivity index (χ4n) is 2.64. The number of hydrogen-bond donors (Lipinski definition) is 3. The molecule has 2 rings (SSSR count). The van der Waals surface area contributed by atoms with Gasteiger partial charge in [-0.2, -0.15) is 0 Å². The zero-order valence-corrected chi connectivity index (χ0v) is 11.4. The summed E-state index contributed by atoms with van der Waals surface area (Å²) in [5.74, 6) is 0.653. The van der Waals surface area contributed by atoms with E-state index in [1.54, 1.807) is 6.07 Å². The summed E-state index contributed by atoms with van der Waals surface area (Å²) >= 11 is 0. The summed E-state index contributed by atoms with van der Waals surface area (Å²) in [6.07, 6.45) is 5.31. The highest BCUT2D eigenvalue weighted by atomic mass is 32.2. The van der Waals surface area contributed by atoms with E-state index in [1.807, 2.05) is 0 Å². The summed E-state index contributed by atoms with van der Waals surface area (Å²) in [5.41, 5.74) is 0. The van der Waals surface area contributed by atoms with Crippen molar-refractivity contribution in [3.05, 3.63) is 18.3 Å². The van der Waals surface area contributed by atoms with E-state index in [0.29, 0.717) is 11.7 Å². The van der Waals surface area contributed by atoms with Gasteiger partial charge in [0, 0.05) is 18.8 Å². The van der Waals surface area contributed by atoms with Gasteiger partial charge >= 0.3 is 0 Å². The van der Waals surface area contributed by atoms with Gasteiger partial charge in [-0.3, -0.25) is 0 Å². The highest BCUT2D eigenvalue weighted by Crippen LogP contribution is 2.31. The predicted octanol–water partition coefficient (Wildman–Crippen LogP) is 0.692. The lowest BCUT2D eigenvalue weighted by atomic mass is 10.00. The first-order chi connectivity index (χ1) is 9.02. The van der Waals surface area contributed by atoms with E-state index in [-0.39, 0.29) is 17.5 Å². The minimum Gasteiger partial charge on any atom is -0.396 e. The van der Waals surface area contributed by atoms with Gasteiger partial charge in [-0.1, -0.05) is 6.42 Å². The molecule has 1 fully saturated rings. The Morgan fingerprint density at radius 2 is 2.26 bits per heavy atom. The van der Waals surface area contributed by atoms with Crippen molar-refractivity contribution < 1.29 is 13.5 Å². The van der Waals surface area contributed by atoms with Crippen LogP contribution in [0.2, 0.25) is 0 Å². The number of anilines is 1. The van der Waals surface area contributed by atoms with E-state index in [2.05, 4.69) is 10.3 Å². The lowest BCUT2D eigenvalue weighted by molar-refractivity contribution is 0.254. The van der Waals surface area contributed by atoms with Gasteiger partial charge in [-0.05, 0) is 37.3 Å². The number of primary sulfonamides is 1. The molecule has 2 atom stereocenters. The second-order valence-electron chi connectivity index (χ2n) is 4.85. The van der Waals surface area contributed by atoms with Crippen LogP contribution >= 0.6 is 0 Å². The third kappa shape index (κ3) is 3.43. The molecule has 19 heavy (non-hydrogen) atoms. The highest BCUT2D eigenvalue weighted by Gasteiger charge is 2.28. The van der Waals surface area contributed by atoms with Gasteiger partial charge in [0.2, 0.25) is 10.0 Å². The van der Waals surface area contributed by atoms with Gasteiger partial charge in [0.1, 0.15) is 10.7 Å². The molecule has 1 aromatic rings. The van der Waals surface area contributed by atoms with Crippen LogP contribution in [-0.2, 0) is 10.0 Å². The largest absolute Gasteiger partial charge is 0.396 e. The number of aliphatic hydroxyl groups excluding tert-OH is 1. The molecule has 1 saturated carbocycles. The third-order valence-corrected chi connectivity index (χ3v) is 4.50. The molecule has 106 valence electrons. The average molecular weight is 285 g/mol. The van der Waals surface area contributed by atoms with Crippen LogP contribution in [0.3, 0.4) is 0 Å². The second kappa shape index (κ2) is 5.85. The molecule has 4 N–H and O–H groups in total. The molecule has 6 nitrogen and oxygen atoms in total. The first-order valence-corrected chi connectivity index (χ1v) is 7.92. The van der Waals surface area contributed by atoms with Crippen molar-refractivity contribution in [2.75, 3.05) is 11.9 Å². The Bertz CT molecular complexity index is 533. The first kappa shape index (κ1) is 14.2.